The minimum Gasteiger partial charge on any atom is -0.497 e. The van der Waals surface area contributed by atoms with Crippen molar-refractivity contribution in [2.45, 2.75) is 51.0 Å². The summed E-state index contributed by atoms with van der Waals surface area (Å²) < 4.78 is 32.7. The summed E-state index contributed by atoms with van der Waals surface area (Å²) in [7, 11) is -1.95. The summed E-state index contributed by atoms with van der Waals surface area (Å²) >= 11 is 0. The number of nitrogens with one attached hydrogen (secondary N) is 1. The third kappa shape index (κ3) is 8.27. The normalized spacial score (nSPS) is 20.6. The van der Waals surface area contributed by atoms with E-state index in [4.69, 9.17) is 9.84 Å². The van der Waals surface area contributed by atoms with Gasteiger partial charge in [0, 0.05) is 17.9 Å². The van der Waals surface area contributed by atoms with Gasteiger partial charge < -0.3 is 9.84 Å². The topological polar surface area (TPSA) is 92.7 Å². The molecular formula is C21H29NO5S. The third-order valence-electron chi connectivity index (χ3n) is 4.75. The van der Waals surface area contributed by atoms with Gasteiger partial charge in [0.05, 0.1) is 7.11 Å². The first-order chi connectivity index (χ1) is 13.4. The molecule has 2 unspecified atom stereocenters. The van der Waals surface area contributed by atoms with Crippen LogP contribution in [0, 0.1) is 5.92 Å². The summed E-state index contributed by atoms with van der Waals surface area (Å²) in [6.07, 6.45) is 10.8. The van der Waals surface area contributed by atoms with Gasteiger partial charge in [0.2, 0.25) is 10.0 Å². The van der Waals surface area contributed by atoms with Crippen molar-refractivity contribution in [1.29, 1.82) is 0 Å². The van der Waals surface area contributed by atoms with Gasteiger partial charge >= 0.3 is 5.97 Å². The van der Waals surface area contributed by atoms with E-state index in [0.29, 0.717) is 18.1 Å². The molecule has 7 heteroatoms. The molecule has 2 N–H and O–H groups in total. The van der Waals surface area contributed by atoms with Gasteiger partial charge in [-0.25, -0.2) is 13.1 Å². The highest BCUT2D eigenvalue weighted by Crippen LogP contribution is 2.26. The first-order valence-corrected chi connectivity index (χ1v) is 11.2. The minimum absolute atomic E-state index is 0.0811. The first-order valence-electron chi connectivity index (χ1n) is 9.61. The van der Waals surface area contributed by atoms with Crippen molar-refractivity contribution in [1.82, 2.24) is 4.72 Å². The fraction of sp³-hybridized carbons (Fsp3) is 0.476. The summed E-state index contributed by atoms with van der Waals surface area (Å²) in [5.74, 6) is 0.231. The molecule has 1 aliphatic carbocycles. The summed E-state index contributed by atoms with van der Waals surface area (Å²) in [4.78, 5) is 10.5. The van der Waals surface area contributed by atoms with Crippen LogP contribution in [-0.4, -0.2) is 32.6 Å². The maximum atomic E-state index is 12.4. The minimum atomic E-state index is -3.52. The smallest absolute Gasteiger partial charge is 0.303 e. The SMILES string of the molecule is COc1cccc(C=CS(=O)(=O)NC2CCCC(C=CCCCC(=O)O)C2)c1. The van der Waals surface area contributed by atoms with Crippen LogP contribution >= 0.6 is 0 Å². The van der Waals surface area contributed by atoms with Crippen LogP contribution < -0.4 is 9.46 Å². The Morgan fingerprint density at radius 3 is 2.93 bits per heavy atom. The van der Waals surface area contributed by atoms with E-state index in [-0.39, 0.29) is 12.5 Å². The average molecular weight is 408 g/mol. The lowest BCUT2D eigenvalue weighted by Gasteiger charge is -2.27. The maximum Gasteiger partial charge on any atom is 0.303 e. The van der Waals surface area contributed by atoms with Crippen molar-refractivity contribution in [2.24, 2.45) is 5.92 Å². The van der Waals surface area contributed by atoms with E-state index < -0.39 is 16.0 Å². The van der Waals surface area contributed by atoms with Gasteiger partial charge in [-0.3, -0.25) is 4.79 Å². The van der Waals surface area contributed by atoms with Crippen LogP contribution in [0.2, 0.25) is 0 Å². The second kappa shape index (κ2) is 11.0. The van der Waals surface area contributed by atoms with E-state index in [1.165, 1.54) is 5.41 Å². The standard InChI is InChI=1S/C21H29NO5S/c1-27-20-11-6-9-18(16-20)13-14-28(25,26)22-19-10-5-8-17(15-19)7-3-2-4-12-21(23)24/h3,6-7,9,11,13-14,16-17,19,22H,2,4-5,8,10,12,15H2,1H3,(H,23,24). The molecule has 6 nitrogen and oxygen atoms in total. The Bertz CT molecular complexity index is 801. The lowest BCUT2D eigenvalue weighted by Crippen LogP contribution is -2.37. The van der Waals surface area contributed by atoms with Crippen LogP contribution in [0.25, 0.3) is 6.08 Å². The van der Waals surface area contributed by atoms with Crippen LogP contribution in [0.1, 0.15) is 50.5 Å². The highest BCUT2D eigenvalue weighted by molar-refractivity contribution is 7.92. The quantitative estimate of drug-likeness (QED) is 0.452. The lowest BCUT2D eigenvalue weighted by molar-refractivity contribution is -0.137. The molecule has 1 saturated carbocycles. The Hall–Kier alpha value is -2.12. The van der Waals surface area contributed by atoms with E-state index >= 15 is 0 Å². The van der Waals surface area contributed by atoms with E-state index in [1.54, 1.807) is 25.3 Å². The molecule has 0 heterocycles. The molecule has 0 saturated heterocycles. The van der Waals surface area contributed by atoms with Gasteiger partial charge in [0.1, 0.15) is 5.75 Å². The average Bonchev–Trinajstić information content (AvgIpc) is 2.66. The van der Waals surface area contributed by atoms with Crippen molar-refractivity contribution >= 4 is 22.1 Å². The summed E-state index contributed by atoms with van der Waals surface area (Å²) in [5, 5.41) is 9.85. The molecule has 0 spiro atoms. The molecule has 154 valence electrons. The van der Waals surface area contributed by atoms with Crippen molar-refractivity contribution < 1.29 is 23.1 Å². The number of hydrogen-bond acceptors (Lipinski definition) is 4. The van der Waals surface area contributed by atoms with Crippen molar-refractivity contribution in [3.05, 3.63) is 47.4 Å². The van der Waals surface area contributed by atoms with E-state index in [1.807, 2.05) is 18.2 Å². The molecule has 1 fully saturated rings. The van der Waals surface area contributed by atoms with Crippen LogP contribution in [0.3, 0.4) is 0 Å². The number of ether oxygens (including phenoxy) is 1. The monoisotopic (exact) mass is 407 g/mol. The van der Waals surface area contributed by atoms with Crippen LogP contribution in [-0.2, 0) is 14.8 Å². The number of rotatable bonds is 10. The summed E-state index contributed by atoms with van der Waals surface area (Å²) in [6, 6.07) is 7.13. The number of carbonyl (C=O) groups is 1. The van der Waals surface area contributed by atoms with Crippen LogP contribution in [0.5, 0.6) is 5.75 Å². The molecule has 1 aliphatic rings. The van der Waals surface area contributed by atoms with E-state index in [2.05, 4.69) is 10.8 Å². The van der Waals surface area contributed by atoms with Gasteiger partial charge in [0.25, 0.3) is 0 Å². The number of benzene rings is 1. The number of sulfonamides is 1. The van der Waals surface area contributed by atoms with Gasteiger partial charge in [-0.1, -0.05) is 30.7 Å². The number of unbranched alkanes of at least 4 members (excludes halogenated alkanes) is 1. The molecule has 0 radical (unpaired) electrons. The Morgan fingerprint density at radius 1 is 1.36 bits per heavy atom. The molecule has 0 bridgehead atoms. The zero-order chi connectivity index (χ0) is 20.4. The fourth-order valence-corrected chi connectivity index (χ4v) is 4.45. The van der Waals surface area contributed by atoms with Crippen LogP contribution in [0.4, 0.5) is 0 Å². The Balaban J connectivity index is 1.86. The molecule has 28 heavy (non-hydrogen) atoms. The maximum absolute atomic E-state index is 12.4. The fourth-order valence-electron chi connectivity index (χ4n) is 3.35. The van der Waals surface area contributed by atoms with Gasteiger partial charge in [0.15, 0.2) is 0 Å². The number of hydrogen-bond donors (Lipinski definition) is 2. The zero-order valence-corrected chi connectivity index (χ0v) is 17.0. The molecular weight excluding hydrogens is 378 g/mol. The lowest BCUT2D eigenvalue weighted by atomic mass is 9.86. The number of allylic oxidation sites excluding steroid dienone is 2. The van der Waals surface area contributed by atoms with E-state index in [0.717, 1.165) is 37.7 Å². The number of carboxylic acids is 1. The van der Waals surface area contributed by atoms with E-state index in [9.17, 15) is 13.2 Å². The molecule has 0 amide bonds. The van der Waals surface area contributed by atoms with Gasteiger partial charge in [-0.2, -0.15) is 0 Å². The van der Waals surface area contributed by atoms with Crippen molar-refractivity contribution in [3.63, 3.8) is 0 Å². The number of methoxy groups -OCH3 is 1. The first kappa shape index (κ1) is 22.2. The van der Waals surface area contributed by atoms with Gasteiger partial charge in [-0.05, 0) is 61.8 Å². The molecule has 1 aromatic carbocycles. The number of carboxylic acid groups (broad SMARTS) is 1. The Morgan fingerprint density at radius 2 is 2.18 bits per heavy atom. The molecule has 2 atom stereocenters. The molecule has 1 aromatic rings. The third-order valence-corrected chi connectivity index (χ3v) is 5.91. The van der Waals surface area contributed by atoms with Crippen molar-refractivity contribution in [2.75, 3.05) is 7.11 Å². The second-order valence-corrected chi connectivity index (χ2v) is 8.68. The highest BCUT2D eigenvalue weighted by Gasteiger charge is 2.23. The zero-order valence-electron chi connectivity index (χ0n) is 16.2. The number of aliphatic carboxylic acids is 1. The predicted molar refractivity (Wildman–Crippen MR) is 110 cm³/mol. The van der Waals surface area contributed by atoms with Gasteiger partial charge in [-0.15, -0.1) is 0 Å². The molecule has 0 aromatic heterocycles. The second-order valence-electron chi connectivity index (χ2n) is 7.08. The largest absolute Gasteiger partial charge is 0.497 e. The predicted octanol–water partition coefficient (Wildman–Crippen LogP) is 3.96. The van der Waals surface area contributed by atoms with Crippen molar-refractivity contribution in [3.8, 4) is 5.75 Å². The molecule has 0 aliphatic heterocycles. The summed E-state index contributed by atoms with van der Waals surface area (Å²) in [6.45, 7) is 0. The Labute approximate surface area is 167 Å². The molecule has 2 rings (SSSR count). The highest BCUT2D eigenvalue weighted by atomic mass is 32.2. The Kier molecular flexibility index (Phi) is 8.73. The van der Waals surface area contributed by atoms with Crippen LogP contribution in [0.15, 0.2) is 41.8 Å². The summed E-state index contributed by atoms with van der Waals surface area (Å²) in [5.41, 5.74) is 0.760.